The average Bonchev–Trinajstić information content (AvgIpc) is 2.31. The van der Waals surface area contributed by atoms with Crippen LogP contribution >= 0.6 is 11.6 Å². The van der Waals surface area contributed by atoms with Crippen LogP contribution in [0.1, 0.15) is 5.56 Å². The van der Waals surface area contributed by atoms with Crippen molar-refractivity contribution in [2.24, 2.45) is 0 Å². The molecular formula is C11H8ClFN2. The Morgan fingerprint density at radius 3 is 2.87 bits per heavy atom. The number of pyridine rings is 2. The summed E-state index contributed by atoms with van der Waals surface area (Å²) in [6.45, 7) is 0. The Balaban J connectivity index is 2.46. The van der Waals surface area contributed by atoms with Gasteiger partial charge in [-0.15, -0.1) is 11.6 Å². The van der Waals surface area contributed by atoms with Gasteiger partial charge in [-0.05, 0) is 18.2 Å². The van der Waals surface area contributed by atoms with E-state index in [1.807, 2.05) is 6.07 Å². The minimum atomic E-state index is -0.377. The SMILES string of the molecule is Fc1cnc(-c2cccnc2)cc1CCl. The van der Waals surface area contributed by atoms with Gasteiger partial charge in [0.15, 0.2) is 0 Å². The van der Waals surface area contributed by atoms with Crippen molar-refractivity contribution in [2.75, 3.05) is 0 Å². The number of hydrogen-bond donors (Lipinski definition) is 0. The zero-order valence-electron chi connectivity index (χ0n) is 7.82. The van der Waals surface area contributed by atoms with Gasteiger partial charge >= 0.3 is 0 Å². The molecular weight excluding hydrogens is 215 g/mol. The molecule has 0 N–H and O–H groups in total. The number of hydrogen-bond acceptors (Lipinski definition) is 2. The van der Waals surface area contributed by atoms with Crippen LogP contribution in [0.25, 0.3) is 11.3 Å². The van der Waals surface area contributed by atoms with Crippen molar-refractivity contribution in [2.45, 2.75) is 5.88 Å². The molecule has 0 aliphatic carbocycles. The number of aromatic nitrogens is 2. The zero-order valence-corrected chi connectivity index (χ0v) is 8.58. The van der Waals surface area contributed by atoms with Crippen molar-refractivity contribution in [1.29, 1.82) is 0 Å². The number of halogens is 2. The first kappa shape index (κ1) is 10.1. The third-order valence-corrected chi connectivity index (χ3v) is 2.32. The fraction of sp³-hybridized carbons (Fsp3) is 0.0909. The zero-order chi connectivity index (χ0) is 10.7. The summed E-state index contributed by atoms with van der Waals surface area (Å²) in [6.07, 6.45) is 4.54. The van der Waals surface area contributed by atoms with Gasteiger partial charge in [0.05, 0.1) is 17.8 Å². The molecule has 2 rings (SSSR count). The lowest BCUT2D eigenvalue weighted by molar-refractivity contribution is 0.611. The summed E-state index contributed by atoms with van der Waals surface area (Å²) in [7, 11) is 0. The molecule has 0 amide bonds. The highest BCUT2D eigenvalue weighted by Crippen LogP contribution is 2.19. The molecule has 0 aliphatic rings. The van der Waals surface area contributed by atoms with E-state index in [0.29, 0.717) is 11.3 Å². The summed E-state index contributed by atoms with van der Waals surface area (Å²) in [5.74, 6) is -0.237. The lowest BCUT2D eigenvalue weighted by Crippen LogP contribution is -1.91. The summed E-state index contributed by atoms with van der Waals surface area (Å²) in [5, 5.41) is 0. The highest BCUT2D eigenvalue weighted by Gasteiger charge is 2.05. The van der Waals surface area contributed by atoms with Crippen LogP contribution < -0.4 is 0 Å². The van der Waals surface area contributed by atoms with Gasteiger partial charge in [0, 0.05) is 23.5 Å². The van der Waals surface area contributed by atoms with E-state index >= 15 is 0 Å². The molecule has 0 aromatic carbocycles. The normalized spacial score (nSPS) is 10.3. The summed E-state index contributed by atoms with van der Waals surface area (Å²) in [4.78, 5) is 7.96. The second-order valence-electron chi connectivity index (χ2n) is 3.04. The van der Waals surface area contributed by atoms with Crippen LogP contribution in [0.2, 0.25) is 0 Å². The Bertz CT molecular complexity index is 459. The van der Waals surface area contributed by atoms with Gasteiger partial charge in [0.2, 0.25) is 0 Å². The molecule has 0 unspecified atom stereocenters. The van der Waals surface area contributed by atoms with Crippen molar-refractivity contribution in [3.63, 3.8) is 0 Å². The van der Waals surface area contributed by atoms with E-state index in [4.69, 9.17) is 11.6 Å². The van der Waals surface area contributed by atoms with Crippen LogP contribution in [0.4, 0.5) is 4.39 Å². The summed E-state index contributed by atoms with van der Waals surface area (Å²) >= 11 is 5.61. The third-order valence-electron chi connectivity index (χ3n) is 2.04. The Kier molecular flexibility index (Phi) is 2.92. The van der Waals surface area contributed by atoms with Crippen LogP contribution in [-0.4, -0.2) is 9.97 Å². The Morgan fingerprint density at radius 2 is 2.20 bits per heavy atom. The molecule has 0 aliphatic heterocycles. The largest absolute Gasteiger partial charge is 0.264 e. The molecule has 0 radical (unpaired) electrons. The molecule has 2 aromatic rings. The molecule has 0 atom stereocenters. The van der Waals surface area contributed by atoms with E-state index in [-0.39, 0.29) is 11.7 Å². The van der Waals surface area contributed by atoms with E-state index in [9.17, 15) is 4.39 Å². The van der Waals surface area contributed by atoms with E-state index in [1.54, 1.807) is 24.5 Å². The molecule has 2 aromatic heterocycles. The summed E-state index contributed by atoms with van der Waals surface area (Å²) < 4.78 is 13.1. The van der Waals surface area contributed by atoms with Gasteiger partial charge < -0.3 is 0 Å². The molecule has 15 heavy (non-hydrogen) atoms. The van der Waals surface area contributed by atoms with Crippen molar-refractivity contribution < 1.29 is 4.39 Å². The molecule has 76 valence electrons. The minimum Gasteiger partial charge on any atom is -0.264 e. The summed E-state index contributed by atoms with van der Waals surface area (Å²) in [6, 6.07) is 5.31. The molecule has 0 saturated heterocycles. The molecule has 0 bridgehead atoms. The standard InChI is InChI=1S/C11H8ClFN2/c12-5-9-4-11(15-7-10(9)13)8-2-1-3-14-6-8/h1-4,6-7H,5H2. The predicted molar refractivity (Wildman–Crippen MR) is 57.0 cm³/mol. The van der Waals surface area contributed by atoms with Crippen molar-refractivity contribution in [1.82, 2.24) is 9.97 Å². The van der Waals surface area contributed by atoms with E-state index < -0.39 is 0 Å². The van der Waals surface area contributed by atoms with Gasteiger partial charge in [-0.2, -0.15) is 0 Å². The first-order chi connectivity index (χ1) is 7.31. The maximum Gasteiger partial charge on any atom is 0.145 e. The first-order valence-corrected chi connectivity index (χ1v) is 4.95. The maximum atomic E-state index is 13.1. The number of rotatable bonds is 2. The second-order valence-corrected chi connectivity index (χ2v) is 3.30. The molecule has 0 fully saturated rings. The smallest absolute Gasteiger partial charge is 0.145 e. The van der Waals surface area contributed by atoms with Crippen molar-refractivity contribution >= 4 is 11.6 Å². The van der Waals surface area contributed by atoms with E-state index in [1.165, 1.54) is 6.20 Å². The Hall–Kier alpha value is -1.48. The predicted octanol–water partition coefficient (Wildman–Crippen LogP) is 3.02. The van der Waals surface area contributed by atoms with Crippen LogP contribution in [-0.2, 0) is 5.88 Å². The first-order valence-electron chi connectivity index (χ1n) is 4.42. The van der Waals surface area contributed by atoms with Gasteiger partial charge in [0.25, 0.3) is 0 Å². The third kappa shape index (κ3) is 2.13. The van der Waals surface area contributed by atoms with Crippen molar-refractivity contribution in [3.8, 4) is 11.3 Å². The van der Waals surface area contributed by atoms with Crippen LogP contribution in [0.15, 0.2) is 36.8 Å². The van der Waals surface area contributed by atoms with Crippen LogP contribution in [0, 0.1) is 5.82 Å². The van der Waals surface area contributed by atoms with Crippen molar-refractivity contribution in [3.05, 3.63) is 48.2 Å². The Labute approximate surface area is 91.8 Å². The van der Waals surface area contributed by atoms with Gasteiger partial charge in [-0.3, -0.25) is 9.97 Å². The molecule has 2 heterocycles. The quantitative estimate of drug-likeness (QED) is 0.730. The second kappa shape index (κ2) is 4.36. The Morgan fingerprint density at radius 1 is 1.33 bits per heavy atom. The lowest BCUT2D eigenvalue weighted by Gasteiger charge is -2.02. The highest BCUT2D eigenvalue weighted by molar-refractivity contribution is 6.17. The summed E-state index contributed by atoms with van der Waals surface area (Å²) in [5.41, 5.74) is 1.98. The average molecular weight is 223 g/mol. The molecule has 4 heteroatoms. The van der Waals surface area contributed by atoms with Gasteiger partial charge in [-0.1, -0.05) is 0 Å². The molecule has 2 nitrogen and oxygen atoms in total. The highest BCUT2D eigenvalue weighted by atomic mass is 35.5. The lowest BCUT2D eigenvalue weighted by atomic mass is 10.1. The molecule has 0 saturated carbocycles. The number of alkyl halides is 1. The van der Waals surface area contributed by atoms with E-state index in [0.717, 1.165) is 5.56 Å². The maximum absolute atomic E-state index is 13.1. The number of nitrogens with zero attached hydrogens (tertiary/aromatic N) is 2. The van der Waals surface area contributed by atoms with Crippen LogP contribution in [0.3, 0.4) is 0 Å². The van der Waals surface area contributed by atoms with E-state index in [2.05, 4.69) is 9.97 Å². The fourth-order valence-electron chi connectivity index (χ4n) is 1.25. The van der Waals surface area contributed by atoms with Crippen LogP contribution in [0.5, 0.6) is 0 Å². The van der Waals surface area contributed by atoms with Gasteiger partial charge in [0.1, 0.15) is 5.82 Å². The molecule has 0 spiro atoms. The topological polar surface area (TPSA) is 25.8 Å². The van der Waals surface area contributed by atoms with Gasteiger partial charge in [-0.25, -0.2) is 4.39 Å². The fourth-order valence-corrected chi connectivity index (χ4v) is 1.46. The minimum absolute atomic E-state index is 0.140. The monoisotopic (exact) mass is 222 g/mol.